The van der Waals surface area contributed by atoms with Crippen LogP contribution in [0.2, 0.25) is 0 Å². The third kappa shape index (κ3) is 30.3. The molecule has 1 aliphatic rings. The summed E-state index contributed by atoms with van der Waals surface area (Å²) in [5, 5.41) is 49.8. The number of nitro groups is 2. The van der Waals surface area contributed by atoms with Crippen LogP contribution in [0, 0.1) is 32.1 Å². The number of aliphatic imine (C=N–C) groups is 3. The number of methoxy groups -OCH3 is 1. The first-order chi connectivity index (χ1) is 49.6. The van der Waals surface area contributed by atoms with E-state index in [2.05, 4.69) is 68.1 Å². The number of non-ortho nitro benzene ring substituents is 1. The van der Waals surface area contributed by atoms with E-state index in [9.17, 15) is 77.8 Å². The SMILES string of the molecule is COc1ccc2c(CC(=O)N[C@@H](CCCN=C(N)N)C(=O)N3CCC[C@@H]3C(=O)N[C@@H](CC(C)C)C(=O)NCC(=O)N[C@@H](CC(C)C)C(=O)N[C@H](CNc3ccc([N+](=O)[O-])cc3[N+](=O)[O-])C(=O)NCCC(=O)N[C@@H](CCCN=C(N)N)C(=O)NCCC(=O)N[C@H](CCCN=C(N)N)C(N)=O)cc(=O)oc2c1. The van der Waals surface area contributed by atoms with Crippen LogP contribution in [-0.2, 0) is 59.2 Å². The lowest BCUT2D eigenvalue weighted by molar-refractivity contribution is -0.393. The smallest absolute Gasteiger partial charge is 0.336 e. The average molecular weight is 1480 g/mol. The molecule has 11 amide bonds. The van der Waals surface area contributed by atoms with Crippen molar-refractivity contribution in [3.63, 3.8) is 0 Å². The van der Waals surface area contributed by atoms with Gasteiger partial charge in [0.2, 0.25) is 65.0 Å². The van der Waals surface area contributed by atoms with Crippen molar-refractivity contribution in [1.29, 1.82) is 0 Å². The molecule has 0 unspecified atom stereocenters. The topological polar surface area (TPSA) is 656 Å². The van der Waals surface area contributed by atoms with E-state index in [1.165, 1.54) is 18.1 Å². The van der Waals surface area contributed by atoms with Crippen LogP contribution in [0.15, 0.2) is 66.7 Å². The number of anilines is 1. The molecule has 0 radical (unpaired) electrons. The van der Waals surface area contributed by atoms with Gasteiger partial charge in [0, 0.05) is 82.2 Å². The van der Waals surface area contributed by atoms with Gasteiger partial charge in [0.1, 0.15) is 59.3 Å². The second-order valence-corrected chi connectivity index (χ2v) is 25.3. The fraction of sp³-hybridized carbons (Fsp3) is 0.547. The summed E-state index contributed by atoms with van der Waals surface area (Å²) in [5.41, 5.74) is 36.1. The van der Waals surface area contributed by atoms with Gasteiger partial charge >= 0.3 is 5.63 Å². The lowest BCUT2D eigenvalue weighted by atomic mass is 10.0. The molecule has 0 spiro atoms. The quantitative estimate of drug-likeness (QED) is 0.00641. The Bertz CT molecular complexity index is 3740. The van der Waals surface area contributed by atoms with Gasteiger partial charge in [-0.1, -0.05) is 27.7 Å². The van der Waals surface area contributed by atoms with E-state index in [1.807, 2.05) is 0 Å². The molecule has 1 aromatic heterocycles. The Hall–Kier alpha value is -12.0. The maximum absolute atomic E-state index is 14.5. The molecular formula is C64H97N23O18. The van der Waals surface area contributed by atoms with Gasteiger partial charge in [0.15, 0.2) is 17.9 Å². The van der Waals surface area contributed by atoms with E-state index < -0.39 is 160 Å². The number of likely N-dealkylation sites (tertiary alicyclic amines) is 1. The minimum Gasteiger partial charge on any atom is -0.497 e. The molecule has 2 aromatic carbocycles. The van der Waals surface area contributed by atoms with Gasteiger partial charge in [0.25, 0.3) is 11.4 Å². The molecule has 1 fully saturated rings. The zero-order valence-corrected chi connectivity index (χ0v) is 59.2. The number of ether oxygens (including phenoxy) is 1. The summed E-state index contributed by atoms with van der Waals surface area (Å²) >= 11 is 0. The van der Waals surface area contributed by atoms with Crippen LogP contribution in [0.4, 0.5) is 17.1 Å². The molecule has 41 nitrogen and oxygen atoms in total. The van der Waals surface area contributed by atoms with E-state index in [1.54, 1.807) is 39.8 Å². The molecule has 1 aliphatic heterocycles. The minimum absolute atomic E-state index is 0.0251. The van der Waals surface area contributed by atoms with E-state index in [4.69, 9.17) is 49.3 Å². The second kappa shape index (κ2) is 43.1. The Morgan fingerprint density at radius 3 is 1.67 bits per heavy atom. The molecule has 7 atom stereocenters. The standard InChI is InChI=1S/C64H97N23O18/c1-34(2)26-44(83-60(98)47-13-9-25-85(47)61(99)43(12-8-22-76-64(70)71)81-52(90)28-36-29-54(92)105-49-31-38(104-5)15-16-39(36)49)57(95)78-33-53(91)82-45(27-35(3)4)59(97)84-46(32-77-40-17-14-37(86(100)101)30-48(40)87(102)103)58(96)73-24-19-51(89)80-42(11-7-21-75-63(68)69)56(94)72-23-18-50(88)79-41(55(65)93)10-6-20-74-62(66)67/h14-17,29-31,34-35,41-47,77H,6-13,18-28,32-33H2,1-5H3,(H2,65,93)(H,72,94)(H,73,96)(H,78,95)(H,79,88)(H,80,89)(H,81,90)(H,82,91)(H,83,98)(H,84,97)(H4,66,67,74)(H4,68,69,75)(H4,70,71,76)/t41-,42+,43+,44+,45+,46-,47-/m1/s1. The average Bonchev–Trinajstić information content (AvgIpc) is 1.52. The summed E-state index contributed by atoms with van der Waals surface area (Å²) < 4.78 is 10.6. The van der Waals surface area contributed by atoms with Crippen LogP contribution in [0.1, 0.15) is 110 Å². The molecule has 4 rings (SSSR count). The van der Waals surface area contributed by atoms with Gasteiger partial charge in [-0.15, -0.1) is 0 Å². The second-order valence-electron chi connectivity index (χ2n) is 25.3. The fourth-order valence-corrected chi connectivity index (χ4v) is 10.9. The van der Waals surface area contributed by atoms with Crippen molar-refractivity contribution >= 4 is 111 Å². The third-order valence-electron chi connectivity index (χ3n) is 16.0. The molecular weight excluding hydrogens is 1380 g/mol. The lowest BCUT2D eigenvalue weighted by Gasteiger charge is -2.30. The third-order valence-corrected chi connectivity index (χ3v) is 16.0. The van der Waals surface area contributed by atoms with Gasteiger partial charge in [-0.2, -0.15) is 0 Å². The van der Waals surface area contributed by atoms with Crippen LogP contribution in [-0.4, -0.2) is 199 Å². The van der Waals surface area contributed by atoms with Crippen molar-refractivity contribution in [1.82, 2.24) is 52.8 Å². The van der Waals surface area contributed by atoms with Gasteiger partial charge in [-0.3, -0.25) is 87.9 Å². The molecule has 105 heavy (non-hydrogen) atoms. The number of carbonyl (C=O) groups excluding carboxylic acids is 11. The van der Waals surface area contributed by atoms with Crippen LogP contribution < -0.4 is 104 Å². The van der Waals surface area contributed by atoms with Gasteiger partial charge in [-0.05, 0) is 99.8 Å². The minimum atomic E-state index is -1.68. The number of nitrogens with zero attached hydrogens (tertiary/aromatic N) is 6. The maximum atomic E-state index is 14.5. The Kier molecular flexibility index (Phi) is 35.1. The zero-order chi connectivity index (χ0) is 78.0. The maximum Gasteiger partial charge on any atom is 0.336 e. The highest BCUT2D eigenvalue weighted by Gasteiger charge is 2.40. The first-order valence-electron chi connectivity index (χ1n) is 33.8. The summed E-state index contributed by atoms with van der Waals surface area (Å²) in [5.74, 6) is -9.40. The Labute approximate surface area is 603 Å². The molecule has 2 heterocycles. The number of amides is 11. The van der Waals surface area contributed by atoms with Gasteiger partial charge < -0.3 is 107 Å². The van der Waals surface area contributed by atoms with Crippen molar-refractivity contribution < 1.29 is 71.7 Å². The summed E-state index contributed by atoms with van der Waals surface area (Å²) in [6, 6.07) is -0.509. The van der Waals surface area contributed by atoms with Crippen molar-refractivity contribution in [2.75, 3.05) is 64.8 Å². The largest absolute Gasteiger partial charge is 0.497 e. The van der Waals surface area contributed by atoms with Crippen molar-refractivity contribution in [2.24, 2.45) is 66.9 Å². The molecule has 576 valence electrons. The Morgan fingerprint density at radius 1 is 0.600 bits per heavy atom. The van der Waals surface area contributed by atoms with Crippen molar-refractivity contribution in [3.8, 4) is 5.75 Å². The number of primary amides is 1. The highest BCUT2D eigenvalue weighted by Crippen LogP contribution is 2.29. The van der Waals surface area contributed by atoms with Crippen LogP contribution in [0.25, 0.3) is 11.0 Å². The molecule has 24 N–H and O–H groups in total. The van der Waals surface area contributed by atoms with Gasteiger partial charge in [0.05, 0.1) is 36.0 Å². The number of guanidine groups is 3. The fourth-order valence-electron chi connectivity index (χ4n) is 10.9. The van der Waals surface area contributed by atoms with E-state index >= 15 is 0 Å². The number of nitrogens with one attached hydrogen (secondary N) is 10. The van der Waals surface area contributed by atoms with E-state index in [0.717, 1.165) is 18.2 Å². The highest BCUT2D eigenvalue weighted by atomic mass is 16.6. The first kappa shape index (κ1) is 85.4. The van der Waals surface area contributed by atoms with E-state index in [0.29, 0.717) is 35.6 Å². The summed E-state index contributed by atoms with van der Waals surface area (Å²) in [6.45, 7) is 5.25. The van der Waals surface area contributed by atoms with E-state index in [-0.39, 0.29) is 138 Å². The van der Waals surface area contributed by atoms with Crippen LogP contribution in [0.5, 0.6) is 5.75 Å². The summed E-state index contributed by atoms with van der Waals surface area (Å²) in [6.07, 6.45) is 0.154. The number of hydrogen-bond donors (Lipinski definition) is 17. The molecule has 3 aromatic rings. The first-order valence-corrected chi connectivity index (χ1v) is 33.8. The molecule has 0 saturated carbocycles. The number of nitro benzene ring substituents is 2. The number of hydrogen-bond acceptors (Lipinski definition) is 22. The predicted molar refractivity (Wildman–Crippen MR) is 383 cm³/mol. The monoisotopic (exact) mass is 1480 g/mol. The summed E-state index contributed by atoms with van der Waals surface area (Å²) in [4.78, 5) is 198. The molecule has 0 bridgehead atoms. The predicted octanol–water partition coefficient (Wildman–Crippen LogP) is -3.96. The number of benzene rings is 2. The lowest BCUT2D eigenvalue weighted by Crippen LogP contribution is -2.58. The number of fused-ring (bicyclic) bond motifs is 1. The number of rotatable bonds is 45. The van der Waals surface area contributed by atoms with Crippen molar-refractivity contribution in [3.05, 3.63) is 78.7 Å². The number of carbonyl (C=O) groups is 11. The van der Waals surface area contributed by atoms with Crippen LogP contribution >= 0.6 is 0 Å². The molecule has 41 heteroatoms. The summed E-state index contributed by atoms with van der Waals surface area (Å²) in [7, 11) is 1.43. The Morgan fingerprint density at radius 2 is 1.12 bits per heavy atom. The number of nitrogens with two attached hydrogens (primary N) is 7. The van der Waals surface area contributed by atoms with Crippen molar-refractivity contribution in [2.45, 2.75) is 153 Å². The highest BCUT2D eigenvalue weighted by molar-refractivity contribution is 5.98. The van der Waals surface area contributed by atoms with Gasteiger partial charge in [-0.25, -0.2) is 4.79 Å². The zero-order valence-electron chi connectivity index (χ0n) is 59.2. The molecule has 1 saturated heterocycles. The van der Waals surface area contributed by atoms with Crippen LogP contribution in [0.3, 0.4) is 0 Å². The Balaban J connectivity index is 1.48. The normalized spacial score (nSPS) is 14.1. The molecule has 0 aliphatic carbocycles.